The van der Waals surface area contributed by atoms with E-state index in [1.54, 1.807) is 6.92 Å². The Morgan fingerprint density at radius 1 is 0.909 bits per heavy atom. The largest absolute Gasteiger partial charge is 0.573 e. The number of carbonyl (C=O) groups is 2. The topological polar surface area (TPSA) is 112 Å². The van der Waals surface area contributed by atoms with E-state index in [-0.39, 0.29) is 53.8 Å². The molecule has 0 spiro atoms. The third-order valence-electron chi connectivity index (χ3n) is 5.83. The molecule has 0 bridgehead atoms. The molecule has 44 heavy (non-hydrogen) atoms. The maximum atomic E-state index is 13.6. The van der Waals surface area contributed by atoms with Crippen molar-refractivity contribution in [1.82, 2.24) is 15.1 Å². The number of aliphatic carboxylic acids is 1. The number of carbonyl (C=O) groups excluding carboxylic acids is 1. The minimum atomic E-state index is -4.91. The second-order valence-electron chi connectivity index (χ2n) is 9.04. The van der Waals surface area contributed by atoms with Gasteiger partial charge in [-0.15, -0.1) is 18.3 Å². The molecule has 2 N–H and O–H groups in total. The molecule has 0 saturated carbocycles. The van der Waals surface area contributed by atoms with Gasteiger partial charge < -0.3 is 24.6 Å². The molecule has 4 aromatic rings. The summed E-state index contributed by atoms with van der Waals surface area (Å²) in [6.45, 7) is 1.62. The van der Waals surface area contributed by atoms with E-state index in [0.29, 0.717) is 5.56 Å². The van der Waals surface area contributed by atoms with Crippen molar-refractivity contribution in [2.24, 2.45) is 0 Å². The molecular formula is C29H23F6N3O6. The van der Waals surface area contributed by atoms with E-state index in [2.05, 4.69) is 15.2 Å². The first kappa shape index (κ1) is 31.7. The summed E-state index contributed by atoms with van der Waals surface area (Å²) in [7, 11) is 0. The van der Waals surface area contributed by atoms with E-state index >= 15 is 0 Å². The maximum absolute atomic E-state index is 13.6. The van der Waals surface area contributed by atoms with Gasteiger partial charge in [-0.25, -0.2) is 4.68 Å². The van der Waals surface area contributed by atoms with Gasteiger partial charge in [-0.3, -0.25) is 9.59 Å². The van der Waals surface area contributed by atoms with Crippen LogP contribution >= 0.6 is 0 Å². The second kappa shape index (κ2) is 13.0. The Morgan fingerprint density at radius 2 is 1.57 bits per heavy atom. The zero-order valence-electron chi connectivity index (χ0n) is 22.7. The van der Waals surface area contributed by atoms with E-state index in [0.717, 1.165) is 28.9 Å². The molecule has 0 aliphatic rings. The van der Waals surface area contributed by atoms with Crippen molar-refractivity contribution in [1.29, 1.82) is 0 Å². The van der Waals surface area contributed by atoms with Crippen LogP contribution in [0.15, 0.2) is 72.9 Å². The van der Waals surface area contributed by atoms with E-state index in [9.17, 15) is 35.9 Å². The SMILES string of the molecule is CCOc1cc(-n2cc(-c3ccc(OC(F)(F)F)cc3)c(Oc3ccc(C(=O)NCCC(=O)O)cc3)n2)cc(C(F)(F)F)c1. The molecule has 15 heteroatoms. The third-order valence-corrected chi connectivity index (χ3v) is 5.83. The smallest absolute Gasteiger partial charge is 0.494 e. The maximum Gasteiger partial charge on any atom is 0.573 e. The van der Waals surface area contributed by atoms with Crippen LogP contribution in [0, 0.1) is 0 Å². The van der Waals surface area contributed by atoms with Crippen LogP contribution in [0.3, 0.4) is 0 Å². The quantitative estimate of drug-likeness (QED) is 0.176. The van der Waals surface area contributed by atoms with Crippen molar-refractivity contribution in [2.45, 2.75) is 25.9 Å². The number of ether oxygens (including phenoxy) is 3. The first-order chi connectivity index (χ1) is 20.7. The molecule has 0 saturated heterocycles. The third kappa shape index (κ3) is 8.42. The molecule has 1 aromatic heterocycles. The van der Waals surface area contributed by atoms with E-state index in [1.165, 1.54) is 48.7 Å². The standard InChI is InChI=1S/C29H23F6N3O6/c1-2-42-23-14-19(28(30,31)32)13-20(15-23)38-16-24(17-3-9-22(10-4-17)44-29(33,34)35)27(37-38)43-21-7-5-18(6-8-21)26(41)36-12-11-25(39)40/h3-10,13-16H,2,11-12H2,1H3,(H,36,41)(H,39,40). The highest BCUT2D eigenvalue weighted by Gasteiger charge is 2.32. The summed E-state index contributed by atoms with van der Waals surface area (Å²) in [5.74, 6) is -2.13. The van der Waals surface area contributed by atoms with Crippen LogP contribution in [0.1, 0.15) is 29.3 Å². The Kier molecular flexibility index (Phi) is 9.35. The minimum Gasteiger partial charge on any atom is -0.494 e. The predicted octanol–water partition coefficient (Wildman–Crippen LogP) is 6.85. The van der Waals surface area contributed by atoms with Crippen molar-refractivity contribution in [2.75, 3.05) is 13.2 Å². The van der Waals surface area contributed by atoms with Gasteiger partial charge in [0.1, 0.15) is 17.2 Å². The van der Waals surface area contributed by atoms with Crippen LogP contribution in [0.25, 0.3) is 16.8 Å². The molecule has 0 unspecified atom stereocenters. The molecule has 0 radical (unpaired) electrons. The van der Waals surface area contributed by atoms with Crippen molar-refractivity contribution in [3.63, 3.8) is 0 Å². The highest BCUT2D eigenvalue weighted by atomic mass is 19.4. The molecular weight excluding hydrogens is 600 g/mol. The van der Waals surface area contributed by atoms with Crippen LogP contribution in [-0.4, -0.2) is 46.3 Å². The molecule has 9 nitrogen and oxygen atoms in total. The molecule has 0 aliphatic heterocycles. The van der Waals surface area contributed by atoms with Gasteiger partial charge in [-0.2, -0.15) is 13.2 Å². The normalized spacial score (nSPS) is 11.6. The number of hydrogen-bond acceptors (Lipinski definition) is 6. The molecule has 0 aliphatic carbocycles. The molecule has 0 atom stereocenters. The van der Waals surface area contributed by atoms with Gasteiger partial charge in [0.2, 0.25) is 5.88 Å². The summed E-state index contributed by atoms with van der Waals surface area (Å²) in [4.78, 5) is 22.9. The highest BCUT2D eigenvalue weighted by molar-refractivity contribution is 5.94. The lowest BCUT2D eigenvalue weighted by molar-refractivity contribution is -0.274. The average Bonchev–Trinajstić information content (AvgIpc) is 3.36. The number of nitrogens with one attached hydrogen (secondary N) is 1. The zero-order chi connectivity index (χ0) is 32.1. The number of halogens is 6. The summed E-state index contributed by atoms with van der Waals surface area (Å²) in [5.41, 5.74) is -0.337. The van der Waals surface area contributed by atoms with Gasteiger partial charge in [-0.1, -0.05) is 12.1 Å². The average molecular weight is 624 g/mol. The number of benzene rings is 3. The lowest BCUT2D eigenvalue weighted by Gasteiger charge is -2.12. The fourth-order valence-corrected chi connectivity index (χ4v) is 3.90. The summed E-state index contributed by atoms with van der Waals surface area (Å²) in [6, 6.07) is 13.3. The van der Waals surface area contributed by atoms with Gasteiger partial charge in [0, 0.05) is 24.4 Å². The van der Waals surface area contributed by atoms with Gasteiger partial charge in [-0.05, 0) is 61.0 Å². The van der Waals surface area contributed by atoms with Gasteiger partial charge in [0.15, 0.2) is 0 Å². The first-order valence-electron chi connectivity index (χ1n) is 12.8. The lowest BCUT2D eigenvalue weighted by Crippen LogP contribution is -2.25. The summed E-state index contributed by atoms with van der Waals surface area (Å²) in [6.07, 6.45) is -8.54. The van der Waals surface area contributed by atoms with Gasteiger partial charge >= 0.3 is 18.5 Å². The number of rotatable bonds is 11. The Bertz CT molecular complexity index is 1620. The van der Waals surface area contributed by atoms with Crippen molar-refractivity contribution in [3.8, 4) is 39.9 Å². The van der Waals surface area contributed by atoms with Crippen LogP contribution in [0.2, 0.25) is 0 Å². The van der Waals surface area contributed by atoms with Crippen LogP contribution in [0.5, 0.6) is 23.1 Å². The number of carboxylic acids is 1. The van der Waals surface area contributed by atoms with Crippen LogP contribution in [-0.2, 0) is 11.0 Å². The number of amides is 1. The van der Waals surface area contributed by atoms with Gasteiger partial charge in [0.25, 0.3) is 5.91 Å². The van der Waals surface area contributed by atoms with E-state index in [1.807, 2.05) is 0 Å². The number of hydrogen-bond donors (Lipinski definition) is 2. The number of carboxylic acid groups (broad SMARTS) is 1. The summed E-state index contributed by atoms with van der Waals surface area (Å²) in [5, 5.41) is 15.5. The van der Waals surface area contributed by atoms with Crippen LogP contribution in [0.4, 0.5) is 26.3 Å². The summed E-state index contributed by atoms with van der Waals surface area (Å²) < 4.78 is 95.0. The first-order valence-corrected chi connectivity index (χ1v) is 12.8. The fourth-order valence-electron chi connectivity index (χ4n) is 3.90. The predicted molar refractivity (Wildman–Crippen MR) is 143 cm³/mol. The molecule has 232 valence electrons. The van der Waals surface area contributed by atoms with E-state index < -0.39 is 35.7 Å². The van der Waals surface area contributed by atoms with Crippen molar-refractivity contribution < 1.29 is 55.2 Å². The second-order valence-corrected chi connectivity index (χ2v) is 9.04. The van der Waals surface area contributed by atoms with Crippen molar-refractivity contribution in [3.05, 3.63) is 84.1 Å². The van der Waals surface area contributed by atoms with Crippen molar-refractivity contribution >= 4 is 11.9 Å². The number of nitrogens with zero attached hydrogens (tertiary/aromatic N) is 2. The Balaban J connectivity index is 1.70. The molecule has 1 amide bonds. The number of alkyl halides is 6. The van der Waals surface area contributed by atoms with Gasteiger partial charge in [0.05, 0.1) is 29.8 Å². The van der Waals surface area contributed by atoms with Crippen LogP contribution < -0.4 is 19.5 Å². The molecule has 1 heterocycles. The number of aromatic nitrogens is 2. The van der Waals surface area contributed by atoms with E-state index in [4.69, 9.17) is 14.6 Å². The monoisotopic (exact) mass is 623 g/mol. The Morgan fingerprint density at radius 3 is 2.16 bits per heavy atom. The molecule has 3 aromatic carbocycles. The Labute approximate surface area is 245 Å². The lowest BCUT2D eigenvalue weighted by atomic mass is 10.1. The zero-order valence-corrected chi connectivity index (χ0v) is 22.7. The molecule has 0 fully saturated rings. The summed E-state index contributed by atoms with van der Waals surface area (Å²) >= 11 is 0. The minimum absolute atomic E-state index is 0.0372. The molecule has 4 rings (SSSR count). The Hall–Kier alpha value is -5.21. The highest BCUT2D eigenvalue weighted by Crippen LogP contribution is 2.37. The fraction of sp³-hybridized carbons (Fsp3) is 0.207.